The molecule has 0 aliphatic heterocycles. The molecule has 0 saturated carbocycles. The fraction of sp³-hybridized carbons (Fsp3) is 0.375. The first-order chi connectivity index (χ1) is 9.11. The molecule has 0 radical (unpaired) electrons. The molecule has 19 heavy (non-hydrogen) atoms. The molecular formula is C16H20BrNS. The third-order valence-corrected chi connectivity index (χ3v) is 4.84. The van der Waals surface area contributed by atoms with Crippen LogP contribution >= 0.6 is 27.3 Å². The van der Waals surface area contributed by atoms with E-state index in [1.54, 1.807) is 0 Å². The number of rotatable bonds is 5. The van der Waals surface area contributed by atoms with Gasteiger partial charge in [-0.2, -0.15) is 0 Å². The highest BCUT2D eigenvalue weighted by Gasteiger charge is 2.16. The van der Waals surface area contributed by atoms with E-state index in [9.17, 15) is 0 Å². The molecule has 0 aliphatic rings. The Morgan fingerprint density at radius 2 is 2.00 bits per heavy atom. The van der Waals surface area contributed by atoms with Gasteiger partial charge in [0.2, 0.25) is 0 Å². The molecule has 0 spiro atoms. The van der Waals surface area contributed by atoms with Gasteiger partial charge in [0, 0.05) is 20.3 Å². The van der Waals surface area contributed by atoms with Gasteiger partial charge in [-0.15, -0.1) is 11.3 Å². The lowest BCUT2D eigenvalue weighted by molar-refractivity contribution is 0.428. The summed E-state index contributed by atoms with van der Waals surface area (Å²) < 4.78 is 1.13. The van der Waals surface area contributed by atoms with Crippen LogP contribution in [0.2, 0.25) is 0 Å². The van der Waals surface area contributed by atoms with E-state index in [1.807, 2.05) is 11.3 Å². The smallest absolute Gasteiger partial charge is 0.0438 e. The van der Waals surface area contributed by atoms with Gasteiger partial charge < -0.3 is 5.32 Å². The highest BCUT2D eigenvalue weighted by Crippen LogP contribution is 2.34. The van der Waals surface area contributed by atoms with Crippen LogP contribution in [0.15, 0.2) is 40.9 Å². The van der Waals surface area contributed by atoms with Crippen molar-refractivity contribution >= 4 is 27.3 Å². The van der Waals surface area contributed by atoms with Gasteiger partial charge in [0.05, 0.1) is 0 Å². The lowest BCUT2D eigenvalue weighted by Gasteiger charge is -2.20. The van der Waals surface area contributed by atoms with Gasteiger partial charge in [-0.1, -0.05) is 48.8 Å². The molecule has 0 amide bonds. The fourth-order valence-electron chi connectivity index (χ4n) is 2.20. The standard InChI is InChI=1S/C16H20BrNS/c1-4-18-16(11(2)3)15-9-8-14(19-15)12-6-5-7-13(17)10-12/h5-11,16,18H,4H2,1-3H3. The summed E-state index contributed by atoms with van der Waals surface area (Å²) in [7, 11) is 0. The third-order valence-electron chi connectivity index (χ3n) is 3.13. The summed E-state index contributed by atoms with van der Waals surface area (Å²) in [5.74, 6) is 0.606. The zero-order valence-electron chi connectivity index (χ0n) is 11.6. The van der Waals surface area contributed by atoms with Crippen LogP contribution in [0.3, 0.4) is 0 Å². The summed E-state index contributed by atoms with van der Waals surface area (Å²) in [4.78, 5) is 2.76. The molecule has 1 aromatic heterocycles. The molecule has 1 N–H and O–H groups in total. The topological polar surface area (TPSA) is 12.0 Å². The van der Waals surface area contributed by atoms with E-state index in [-0.39, 0.29) is 0 Å². The second kappa shape index (κ2) is 6.69. The van der Waals surface area contributed by atoms with E-state index in [4.69, 9.17) is 0 Å². The van der Waals surface area contributed by atoms with E-state index in [1.165, 1.54) is 15.3 Å². The lowest BCUT2D eigenvalue weighted by Crippen LogP contribution is -2.24. The van der Waals surface area contributed by atoms with Crippen LogP contribution in [0, 0.1) is 5.92 Å². The maximum Gasteiger partial charge on any atom is 0.0438 e. The number of nitrogens with one attached hydrogen (secondary N) is 1. The van der Waals surface area contributed by atoms with Gasteiger partial charge in [-0.3, -0.25) is 0 Å². The van der Waals surface area contributed by atoms with Crippen LogP contribution in [-0.2, 0) is 0 Å². The van der Waals surface area contributed by atoms with E-state index in [0.717, 1.165) is 11.0 Å². The largest absolute Gasteiger partial charge is 0.309 e. The first kappa shape index (κ1) is 14.8. The van der Waals surface area contributed by atoms with Gasteiger partial charge in [0.25, 0.3) is 0 Å². The summed E-state index contributed by atoms with van der Waals surface area (Å²) in [6.45, 7) is 7.71. The minimum absolute atomic E-state index is 0.455. The monoisotopic (exact) mass is 337 g/mol. The molecule has 0 aliphatic carbocycles. The van der Waals surface area contributed by atoms with E-state index >= 15 is 0 Å². The summed E-state index contributed by atoms with van der Waals surface area (Å²) in [5.41, 5.74) is 1.28. The van der Waals surface area contributed by atoms with Gasteiger partial charge in [-0.05, 0) is 42.3 Å². The van der Waals surface area contributed by atoms with Crippen molar-refractivity contribution in [3.8, 4) is 10.4 Å². The summed E-state index contributed by atoms with van der Waals surface area (Å²) in [6, 6.07) is 13.4. The molecule has 1 heterocycles. The van der Waals surface area contributed by atoms with Crippen molar-refractivity contribution in [3.63, 3.8) is 0 Å². The minimum atomic E-state index is 0.455. The number of hydrogen-bond acceptors (Lipinski definition) is 2. The number of halogens is 1. The van der Waals surface area contributed by atoms with Crippen LogP contribution in [0.4, 0.5) is 0 Å². The first-order valence-corrected chi connectivity index (χ1v) is 8.31. The quantitative estimate of drug-likeness (QED) is 0.761. The van der Waals surface area contributed by atoms with Crippen molar-refractivity contribution < 1.29 is 0 Å². The van der Waals surface area contributed by atoms with Crippen LogP contribution in [-0.4, -0.2) is 6.54 Å². The third kappa shape index (κ3) is 3.68. The van der Waals surface area contributed by atoms with E-state index < -0.39 is 0 Å². The SMILES string of the molecule is CCNC(c1ccc(-c2cccc(Br)c2)s1)C(C)C. The van der Waals surface area contributed by atoms with E-state index in [2.05, 4.69) is 78.4 Å². The summed E-state index contributed by atoms with van der Waals surface area (Å²) >= 11 is 5.42. The molecule has 0 saturated heterocycles. The molecule has 2 rings (SSSR count). The van der Waals surface area contributed by atoms with Gasteiger partial charge >= 0.3 is 0 Å². The lowest BCUT2D eigenvalue weighted by atomic mass is 10.0. The maximum absolute atomic E-state index is 3.58. The molecule has 102 valence electrons. The van der Waals surface area contributed by atoms with Crippen molar-refractivity contribution in [2.45, 2.75) is 26.8 Å². The van der Waals surface area contributed by atoms with Gasteiger partial charge in [0.1, 0.15) is 0 Å². The molecule has 1 aromatic carbocycles. The highest BCUT2D eigenvalue weighted by molar-refractivity contribution is 9.10. The average molecular weight is 338 g/mol. The average Bonchev–Trinajstić information content (AvgIpc) is 2.84. The summed E-state index contributed by atoms with van der Waals surface area (Å²) in [5, 5.41) is 3.58. The molecule has 1 nitrogen and oxygen atoms in total. The molecular weight excluding hydrogens is 318 g/mol. The maximum atomic E-state index is 3.58. The predicted octanol–water partition coefficient (Wildman–Crippen LogP) is 5.48. The van der Waals surface area contributed by atoms with Crippen molar-refractivity contribution in [3.05, 3.63) is 45.7 Å². The molecule has 0 bridgehead atoms. The van der Waals surface area contributed by atoms with Crippen LogP contribution in [0.25, 0.3) is 10.4 Å². The Hall–Kier alpha value is -0.640. The Bertz CT molecular complexity index is 533. The second-order valence-corrected chi connectivity index (χ2v) is 7.02. The van der Waals surface area contributed by atoms with Crippen molar-refractivity contribution in [2.75, 3.05) is 6.54 Å². The number of benzene rings is 1. The Morgan fingerprint density at radius 1 is 1.21 bits per heavy atom. The molecule has 0 fully saturated rings. The molecule has 1 unspecified atom stereocenters. The Kier molecular flexibility index (Phi) is 5.20. The Balaban J connectivity index is 2.27. The van der Waals surface area contributed by atoms with Gasteiger partial charge in [0.15, 0.2) is 0 Å². The van der Waals surface area contributed by atoms with Crippen LogP contribution < -0.4 is 5.32 Å². The Labute approximate surface area is 128 Å². The minimum Gasteiger partial charge on any atom is -0.309 e. The van der Waals surface area contributed by atoms with Gasteiger partial charge in [-0.25, -0.2) is 0 Å². The number of hydrogen-bond donors (Lipinski definition) is 1. The number of thiophene rings is 1. The van der Waals surface area contributed by atoms with Crippen molar-refractivity contribution in [1.82, 2.24) is 5.32 Å². The zero-order chi connectivity index (χ0) is 13.8. The van der Waals surface area contributed by atoms with Crippen molar-refractivity contribution in [1.29, 1.82) is 0 Å². The zero-order valence-corrected chi connectivity index (χ0v) is 14.0. The molecule has 1 atom stereocenters. The molecule has 2 aromatic rings. The normalized spacial score (nSPS) is 12.9. The summed E-state index contributed by atoms with van der Waals surface area (Å²) in [6.07, 6.45) is 0. The highest BCUT2D eigenvalue weighted by atomic mass is 79.9. The molecule has 3 heteroatoms. The van der Waals surface area contributed by atoms with Crippen LogP contribution in [0.5, 0.6) is 0 Å². The fourth-order valence-corrected chi connectivity index (χ4v) is 3.85. The Morgan fingerprint density at radius 3 is 2.63 bits per heavy atom. The predicted molar refractivity (Wildman–Crippen MR) is 88.7 cm³/mol. The van der Waals surface area contributed by atoms with Crippen LogP contribution in [0.1, 0.15) is 31.7 Å². The van der Waals surface area contributed by atoms with Crippen molar-refractivity contribution in [2.24, 2.45) is 5.92 Å². The second-order valence-electron chi connectivity index (χ2n) is 4.99. The van der Waals surface area contributed by atoms with E-state index in [0.29, 0.717) is 12.0 Å². The first-order valence-electron chi connectivity index (χ1n) is 6.71.